The first kappa shape index (κ1) is 20.7. The number of hydrogen-bond acceptors (Lipinski definition) is 7. The second-order valence-corrected chi connectivity index (χ2v) is 7.94. The smallest absolute Gasteiger partial charge is 0.356 e. The van der Waals surface area contributed by atoms with Crippen molar-refractivity contribution in [3.05, 3.63) is 70.8 Å². The number of aromatic carboxylic acids is 1. The lowest BCUT2D eigenvalue weighted by molar-refractivity contribution is 0.0690. The van der Waals surface area contributed by atoms with Crippen molar-refractivity contribution < 1.29 is 9.90 Å². The van der Waals surface area contributed by atoms with E-state index in [0.29, 0.717) is 5.82 Å². The predicted molar refractivity (Wildman–Crippen MR) is 119 cm³/mol. The van der Waals surface area contributed by atoms with Crippen LogP contribution in [0.5, 0.6) is 0 Å². The monoisotopic (exact) mass is 418 g/mol. The molecule has 2 aromatic heterocycles. The Hall–Kier alpha value is -3.55. The molecule has 1 aliphatic heterocycles. The van der Waals surface area contributed by atoms with Gasteiger partial charge in [0.2, 0.25) is 0 Å². The summed E-state index contributed by atoms with van der Waals surface area (Å²) in [6, 6.07) is 10.5. The number of carbonyl (C=O) groups is 1. The van der Waals surface area contributed by atoms with E-state index in [2.05, 4.69) is 62.9 Å². The number of nitrogens with zero attached hydrogens (tertiary/aromatic N) is 6. The zero-order valence-electron chi connectivity index (χ0n) is 18.0. The molecule has 8 heteroatoms. The van der Waals surface area contributed by atoms with Gasteiger partial charge >= 0.3 is 5.97 Å². The molecule has 0 saturated carbocycles. The van der Waals surface area contributed by atoms with E-state index in [9.17, 15) is 4.79 Å². The van der Waals surface area contributed by atoms with Gasteiger partial charge in [0.1, 0.15) is 5.82 Å². The fraction of sp³-hybridized carbons (Fsp3) is 0.348. The summed E-state index contributed by atoms with van der Waals surface area (Å²) >= 11 is 0. The molecule has 1 aromatic carbocycles. The highest BCUT2D eigenvalue weighted by Crippen LogP contribution is 2.26. The molecule has 160 valence electrons. The minimum absolute atomic E-state index is 0.0491. The Kier molecular flexibility index (Phi) is 5.79. The second kappa shape index (κ2) is 8.67. The van der Waals surface area contributed by atoms with Crippen LogP contribution in [0.15, 0.2) is 42.7 Å². The molecule has 1 unspecified atom stereocenters. The van der Waals surface area contributed by atoms with Crippen molar-refractivity contribution in [1.82, 2.24) is 20.2 Å². The second-order valence-electron chi connectivity index (χ2n) is 7.94. The van der Waals surface area contributed by atoms with Crippen molar-refractivity contribution in [2.45, 2.75) is 33.2 Å². The average molecular weight is 419 g/mol. The van der Waals surface area contributed by atoms with Gasteiger partial charge in [0.25, 0.3) is 0 Å². The maximum atomic E-state index is 11.0. The maximum absolute atomic E-state index is 11.0. The molecule has 0 amide bonds. The van der Waals surface area contributed by atoms with Crippen LogP contribution in [0.1, 0.15) is 39.8 Å². The summed E-state index contributed by atoms with van der Waals surface area (Å²) in [7, 11) is 0. The van der Waals surface area contributed by atoms with Crippen LogP contribution in [-0.4, -0.2) is 56.9 Å². The number of carboxylic acid groups (broad SMARTS) is 1. The highest BCUT2D eigenvalue weighted by molar-refractivity contribution is 5.84. The van der Waals surface area contributed by atoms with E-state index >= 15 is 0 Å². The lowest BCUT2D eigenvalue weighted by Crippen LogP contribution is -2.53. The van der Waals surface area contributed by atoms with Crippen LogP contribution in [0.4, 0.5) is 11.6 Å². The lowest BCUT2D eigenvalue weighted by atomic mass is 10.0. The SMILES string of the molecule is Cc1c(Cc2ccccc2)nnc(N2CCN(c3cnc(C(=O)O)cn3)C(C)C2)c1C. The van der Waals surface area contributed by atoms with Crippen molar-refractivity contribution >= 4 is 17.6 Å². The highest BCUT2D eigenvalue weighted by atomic mass is 16.4. The quantitative estimate of drug-likeness (QED) is 0.676. The zero-order chi connectivity index (χ0) is 22.0. The van der Waals surface area contributed by atoms with Crippen LogP contribution in [0.25, 0.3) is 0 Å². The molecule has 0 spiro atoms. The van der Waals surface area contributed by atoms with Gasteiger partial charge in [0, 0.05) is 32.1 Å². The molecule has 31 heavy (non-hydrogen) atoms. The molecule has 1 N–H and O–H groups in total. The Morgan fingerprint density at radius 1 is 1.06 bits per heavy atom. The first-order valence-corrected chi connectivity index (χ1v) is 10.4. The van der Waals surface area contributed by atoms with E-state index in [4.69, 9.17) is 5.11 Å². The minimum Gasteiger partial charge on any atom is -0.476 e. The van der Waals surface area contributed by atoms with E-state index in [1.54, 1.807) is 0 Å². The van der Waals surface area contributed by atoms with Crippen LogP contribution in [0.3, 0.4) is 0 Å². The normalized spacial score (nSPS) is 16.4. The van der Waals surface area contributed by atoms with Crippen LogP contribution in [0.2, 0.25) is 0 Å². The summed E-state index contributed by atoms with van der Waals surface area (Å²) in [6.45, 7) is 8.65. The average Bonchev–Trinajstić information content (AvgIpc) is 2.78. The van der Waals surface area contributed by atoms with Crippen molar-refractivity contribution in [3.63, 3.8) is 0 Å². The fourth-order valence-electron chi connectivity index (χ4n) is 3.97. The third-order valence-corrected chi connectivity index (χ3v) is 5.89. The van der Waals surface area contributed by atoms with Crippen molar-refractivity contribution in [3.8, 4) is 0 Å². The first-order chi connectivity index (χ1) is 14.9. The Bertz CT molecular complexity index is 1070. The lowest BCUT2D eigenvalue weighted by Gasteiger charge is -2.41. The molecule has 0 radical (unpaired) electrons. The number of benzene rings is 1. The number of rotatable bonds is 5. The van der Waals surface area contributed by atoms with Gasteiger partial charge in [-0.2, -0.15) is 5.10 Å². The maximum Gasteiger partial charge on any atom is 0.356 e. The molecule has 1 aliphatic rings. The molecule has 0 aliphatic carbocycles. The third-order valence-electron chi connectivity index (χ3n) is 5.89. The first-order valence-electron chi connectivity index (χ1n) is 10.4. The third kappa shape index (κ3) is 4.33. The van der Waals surface area contributed by atoms with Crippen molar-refractivity contribution in [1.29, 1.82) is 0 Å². The number of anilines is 2. The number of aromatic nitrogens is 4. The molecule has 1 fully saturated rings. The summed E-state index contributed by atoms with van der Waals surface area (Å²) in [4.78, 5) is 23.7. The van der Waals surface area contributed by atoms with E-state index in [1.807, 2.05) is 18.2 Å². The number of piperazine rings is 1. The number of carboxylic acids is 1. The van der Waals surface area contributed by atoms with Crippen molar-refractivity contribution in [2.75, 3.05) is 29.4 Å². The minimum atomic E-state index is -1.07. The van der Waals surface area contributed by atoms with E-state index in [-0.39, 0.29) is 11.7 Å². The molecule has 4 rings (SSSR count). The summed E-state index contributed by atoms with van der Waals surface area (Å²) in [5, 5.41) is 18.2. The Morgan fingerprint density at radius 2 is 1.84 bits per heavy atom. The summed E-state index contributed by atoms with van der Waals surface area (Å²) in [5.41, 5.74) is 4.52. The van der Waals surface area contributed by atoms with Gasteiger partial charge in [-0.1, -0.05) is 30.3 Å². The molecule has 1 saturated heterocycles. The van der Waals surface area contributed by atoms with E-state index < -0.39 is 5.97 Å². The van der Waals surface area contributed by atoms with Crippen molar-refractivity contribution in [2.24, 2.45) is 0 Å². The van der Waals surface area contributed by atoms with Crippen LogP contribution in [-0.2, 0) is 6.42 Å². The van der Waals surface area contributed by atoms with E-state index in [1.165, 1.54) is 23.5 Å². The zero-order valence-corrected chi connectivity index (χ0v) is 18.0. The fourth-order valence-corrected chi connectivity index (χ4v) is 3.97. The highest BCUT2D eigenvalue weighted by Gasteiger charge is 2.27. The molecular formula is C23H26N6O2. The van der Waals surface area contributed by atoms with Gasteiger partial charge in [-0.05, 0) is 37.5 Å². The van der Waals surface area contributed by atoms with Gasteiger partial charge in [-0.3, -0.25) is 0 Å². The molecule has 1 atom stereocenters. The topological polar surface area (TPSA) is 95.3 Å². The molecular weight excluding hydrogens is 392 g/mol. The van der Waals surface area contributed by atoms with Gasteiger partial charge in [0.05, 0.1) is 18.1 Å². The van der Waals surface area contributed by atoms with Gasteiger partial charge in [0.15, 0.2) is 11.5 Å². The van der Waals surface area contributed by atoms with Crippen LogP contribution >= 0.6 is 0 Å². The summed E-state index contributed by atoms with van der Waals surface area (Å²) in [6.07, 6.45) is 3.61. The molecule has 0 bridgehead atoms. The Labute approximate surface area is 181 Å². The van der Waals surface area contributed by atoms with Gasteiger partial charge in [-0.25, -0.2) is 14.8 Å². The molecule has 8 nitrogen and oxygen atoms in total. The number of hydrogen-bond donors (Lipinski definition) is 1. The molecule has 3 heterocycles. The van der Waals surface area contributed by atoms with Crippen LogP contribution in [0, 0.1) is 13.8 Å². The van der Waals surface area contributed by atoms with Gasteiger partial charge < -0.3 is 14.9 Å². The largest absolute Gasteiger partial charge is 0.476 e. The Balaban J connectivity index is 1.48. The summed E-state index contributed by atoms with van der Waals surface area (Å²) in [5.74, 6) is 0.541. The van der Waals surface area contributed by atoms with Gasteiger partial charge in [-0.15, -0.1) is 5.10 Å². The predicted octanol–water partition coefficient (Wildman–Crippen LogP) is 2.89. The molecule has 3 aromatic rings. The Morgan fingerprint density at radius 3 is 2.48 bits per heavy atom. The van der Waals surface area contributed by atoms with Crippen LogP contribution < -0.4 is 9.80 Å². The summed E-state index contributed by atoms with van der Waals surface area (Å²) < 4.78 is 0. The standard InChI is InChI=1S/C23H26N6O2/c1-15-14-28(9-10-29(15)21-13-24-20(12-25-21)23(30)31)22-17(3)16(2)19(26-27-22)11-18-7-5-4-6-8-18/h4-8,12-13,15H,9-11,14H2,1-3H3,(H,30,31). The van der Waals surface area contributed by atoms with E-state index in [0.717, 1.165) is 43.1 Å².